The predicted octanol–water partition coefficient (Wildman–Crippen LogP) is 2.92. The third-order valence-electron chi connectivity index (χ3n) is 3.95. The van der Waals surface area contributed by atoms with Crippen molar-refractivity contribution in [1.29, 1.82) is 0 Å². The van der Waals surface area contributed by atoms with E-state index >= 15 is 0 Å². The van der Waals surface area contributed by atoms with Gasteiger partial charge in [0.2, 0.25) is 0 Å². The van der Waals surface area contributed by atoms with Crippen LogP contribution in [0.1, 0.15) is 39.0 Å². The van der Waals surface area contributed by atoms with Gasteiger partial charge in [-0.2, -0.15) is 0 Å². The molecule has 0 bridgehead atoms. The van der Waals surface area contributed by atoms with Crippen LogP contribution in [-0.4, -0.2) is 22.1 Å². The van der Waals surface area contributed by atoms with Crippen LogP contribution < -0.4 is 16.2 Å². The average Bonchev–Trinajstić information content (AvgIpc) is 2.56. The Balaban J connectivity index is 1.84. The first-order chi connectivity index (χ1) is 11.8. The Morgan fingerprint density at radius 3 is 2.44 bits per heavy atom. The number of hydrogen-bond donors (Lipinski definition) is 2. The second-order valence-corrected chi connectivity index (χ2v) is 6.97. The number of aryl methyl sites for hydroxylation is 1. The maximum atomic E-state index is 11.9. The van der Waals surface area contributed by atoms with Gasteiger partial charge in [-0.3, -0.25) is 9.36 Å². The third-order valence-corrected chi connectivity index (χ3v) is 3.95. The number of rotatable bonds is 5. The first-order valence-electron chi connectivity index (χ1n) is 8.50. The Kier molecular flexibility index (Phi) is 5.96. The van der Waals surface area contributed by atoms with Gasteiger partial charge in [-0.25, -0.2) is 9.78 Å². The normalized spacial score (nSPS) is 11.2. The maximum absolute atomic E-state index is 11.9. The van der Waals surface area contributed by atoms with E-state index in [1.807, 2.05) is 31.2 Å². The van der Waals surface area contributed by atoms with Crippen molar-refractivity contribution in [2.75, 3.05) is 11.9 Å². The number of amides is 2. The van der Waals surface area contributed by atoms with Gasteiger partial charge in [0, 0.05) is 30.5 Å². The first kappa shape index (κ1) is 18.7. The molecule has 0 aliphatic heterocycles. The molecular weight excluding hydrogens is 316 g/mol. The Morgan fingerprint density at radius 1 is 1.20 bits per heavy atom. The van der Waals surface area contributed by atoms with Crippen molar-refractivity contribution in [1.82, 2.24) is 14.9 Å². The summed E-state index contributed by atoms with van der Waals surface area (Å²) in [4.78, 5) is 28.0. The Hall–Kier alpha value is -2.63. The molecule has 0 fully saturated rings. The van der Waals surface area contributed by atoms with Gasteiger partial charge in [0.15, 0.2) is 0 Å². The van der Waals surface area contributed by atoms with E-state index in [1.165, 1.54) is 22.5 Å². The molecule has 6 nitrogen and oxygen atoms in total. The molecule has 0 aliphatic rings. The quantitative estimate of drug-likeness (QED) is 0.877. The molecule has 0 unspecified atom stereocenters. The molecule has 1 aromatic carbocycles. The fourth-order valence-corrected chi connectivity index (χ4v) is 2.34. The van der Waals surface area contributed by atoms with Gasteiger partial charge >= 0.3 is 6.03 Å². The molecule has 1 heterocycles. The second-order valence-electron chi connectivity index (χ2n) is 6.97. The Labute approximate surface area is 148 Å². The zero-order valence-corrected chi connectivity index (χ0v) is 15.3. The number of nitrogens with one attached hydrogen (secondary N) is 2. The standard InChI is InChI=1S/C19H26N4O2/c1-5-15-12-17(24)23(13-21-15)11-10-20-18(25)22-16-8-6-14(7-9-16)19(2,3)4/h6-9,12-13H,5,10-11H2,1-4H3,(H2,20,22,25). The second kappa shape index (κ2) is 7.96. The van der Waals surface area contributed by atoms with Crippen LogP contribution in [0.25, 0.3) is 0 Å². The molecule has 134 valence electrons. The van der Waals surface area contributed by atoms with Crippen molar-refractivity contribution < 1.29 is 4.79 Å². The summed E-state index contributed by atoms with van der Waals surface area (Å²) in [5.74, 6) is 0. The molecule has 0 atom stereocenters. The summed E-state index contributed by atoms with van der Waals surface area (Å²) < 4.78 is 1.48. The highest BCUT2D eigenvalue weighted by Crippen LogP contribution is 2.23. The van der Waals surface area contributed by atoms with Crippen LogP contribution in [0.2, 0.25) is 0 Å². The summed E-state index contributed by atoms with van der Waals surface area (Å²) in [6.07, 6.45) is 2.25. The first-order valence-corrected chi connectivity index (χ1v) is 8.50. The van der Waals surface area contributed by atoms with Crippen molar-refractivity contribution in [2.24, 2.45) is 0 Å². The molecule has 0 saturated heterocycles. The number of carbonyl (C=O) groups is 1. The van der Waals surface area contributed by atoms with Gasteiger partial charge < -0.3 is 10.6 Å². The van der Waals surface area contributed by atoms with Gasteiger partial charge in [-0.05, 0) is 29.5 Å². The van der Waals surface area contributed by atoms with Crippen LogP contribution in [0.5, 0.6) is 0 Å². The summed E-state index contributed by atoms with van der Waals surface area (Å²) in [5, 5.41) is 5.53. The molecule has 25 heavy (non-hydrogen) atoms. The van der Waals surface area contributed by atoms with Crippen molar-refractivity contribution in [2.45, 2.75) is 46.1 Å². The molecule has 2 aromatic rings. The topological polar surface area (TPSA) is 76.0 Å². The SMILES string of the molecule is CCc1cc(=O)n(CCNC(=O)Nc2ccc(C(C)(C)C)cc2)cn1. The molecule has 0 spiro atoms. The zero-order valence-electron chi connectivity index (χ0n) is 15.3. The van der Waals surface area contributed by atoms with E-state index in [0.717, 1.165) is 17.8 Å². The monoisotopic (exact) mass is 342 g/mol. The van der Waals surface area contributed by atoms with Crippen molar-refractivity contribution in [3.8, 4) is 0 Å². The number of aromatic nitrogens is 2. The van der Waals surface area contributed by atoms with Crippen LogP contribution in [0, 0.1) is 0 Å². The average molecular weight is 342 g/mol. The lowest BCUT2D eigenvalue weighted by atomic mass is 9.87. The number of hydrogen-bond acceptors (Lipinski definition) is 3. The predicted molar refractivity (Wildman–Crippen MR) is 100 cm³/mol. The van der Waals surface area contributed by atoms with E-state index < -0.39 is 0 Å². The lowest BCUT2D eigenvalue weighted by molar-refractivity contribution is 0.251. The van der Waals surface area contributed by atoms with Gasteiger partial charge in [-0.15, -0.1) is 0 Å². The van der Waals surface area contributed by atoms with E-state index in [4.69, 9.17) is 0 Å². The Bertz CT molecular complexity index is 773. The number of anilines is 1. The van der Waals surface area contributed by atoms with Crippen LogP contribution in [-0.2, 0) is 18.4 Å². The van der Waals surface area contributed by atoms with Crippen LogP contribution in [0.3, 0.4) is 0 Å². The minimum absolute atomic E-state index is 0.0788. The molecule has 0 radical (unpaired) electrons. The van der Waals surface area contributed by atoms with Crippen molar-refractivity contribution in [3.63, 3.8) is 0 Å². The zero-order chi connectivity index (χ0) is 18.4. The van der Waals surface area contributed by atoms with E-state index in [0.29, 0.717) is 13.1 Å². The lowest BCUT2D eigenvalue weighted by Gasteiger charge is -2.19. The highest BCUT2D eigenvalue weighted by Gasteiger charge is 2.13. The van der Waals surface area contributed by atoms with Crippen LogP contribution in [0.4, 0.5) is 10.5 Å². The van der Waals surface area contributed by atoms with E-state index in [9.17, 15) is 9.59 Å². The molecule has 6 heteroatoms. The highest BCUT2D eigenvalue weighted by molar-refractivity contribution is 5.89. The van der Waals surface area contributed by atoms with Gasteiger partial charge in [-0.1, -0.05) is 39.8 Å². The summed E-state index contributed by atoms with van der Waals surface area (Å²) in [7, 11) is 0. The summed E-state index contributed by atoms with van der Waals surface area (Å²) >= 11 is 0. The Morgan fingerprint density at radius 2 is 1.88 bits per heavy atom. The number of carbonyl (C=O) groups excluding carboxylic acids is 1. The largest absolute Gasteiger partial charge is 0.336 e. The van der Waals surface area contributed by atoms with Crippen molar-refractivity contribution in [3.05, 3.63) is 58.3 Å². The van der Waals surface area contributed by atoms with E-state index in [2.05, 4.69) is 36.4 Å². The van der Waals surface area contributed by atoms with Crippen LogP contribution in [0.15, 0.2) is 41.5 Å². The minimum atomic E-state index is -0.297. The third kappa shape index (κ3) is 5.45. The molecular formula is C19H26N4O2. The van der Waals surface area contributed by atoms with Gasteiger partial charge in [0.25, 0.3) is 5.56 Å². The minimum Gasteiger partial charge on any atom is -0.336 e. The highest BCUT2D eigenvalue weighted by atomic mass is 16.2. The lowest BCUT2D eigenvalue weighted by Crippen LogP contribution is -2.33. The fraction of sp³-hybridized carbons (Fsp3) is 0.421. The van der Waals surface area contributed by atoms with E-state index in [-0.39, 0.29) is 17.0 Å². The molecule has 0 saturated carbocycles. The van der Waals surface area contributed by atoms with Gasteiger partial charge in [0.1, 0.15) is 0 Å². The summed E-state index contributed by atoms with van der Waals surface area (Å²) in [5.41, 5.74) is 2.69. The van der Waals surface area contributed by atoms with E-state index in [1.54, 1.807) is 0 Å². The summed E-state index contributed by atoms with van der Waals surface area (Å²) in [6, 6.07) is 9.02. The molecule has 0 aliphatic carbocycles. The number of urea groups is 1. The fourth-order valence-electron chi connectivity index (χ4n) is 2.34. The molecule has 1 aromatic heterocycles. The smallest absolute Gasteiger partial charge is 0.319 e. The summed E-state index contributed by atoms with van der Waals surface area (Å²) in [6.45, 7) is 9.11. The number of nitrogens with zero attached hydrogens (tertiary/aromatic N) is 2. The maximum Gasteiger partial charge on any atom is 0.319 e. The molecule has 2 rings (SSSR count). The molecule has 2 N–H and O–H groups in total. The van der Waals surface area contributed by atoms with Crippen LogP contribution >= 0.6 is 0 Å². The number of benzene rings is 1. The van der Waals surface area contributed by atoms with Gasteiger partial charge in [0.05, 0.1) is 6.33 Å². The van der Waals surface area contributed by atoms with Crippen molar-refractivity contribution >= 4 is 11.7 Å². The molecule has 2 amide bonds.